The van der Waals surface area contributed by atoms with Gasteiger partial charge in [-0.3, -0.25) is 9.59 Å². The highest BCUT2D eigenvalue weighted by Crippen LogP contribution is 2.39. The number of aliphatic carboxylic acids is 1. The third kappa shape index (κ3) is 3.46. The topological polar surface area (TPSA) is 81.4 Å². The van der Waals surface area contributed by atoms with Crippen molar-refractivity contribution >= 4 is 11.9 Å². The second-order valence-electron chi connectivity index (χ2n) is 5.46. The maximum Gasteiger partial charge on any atom is 0.307 e. The molecule has 5 heteroatoms. The van der Waals surface area contributed by atoms with E-state index in [0.717, 1.165) is 6.42 Å². The van der Waals surface area contributed by atoms with Gasteiger partial charge in [-0.15, -0.1) is 0 Å². The predicted octanol–water partition coefficient (Wildman–Crippen LogP) is 1.88. The normalized spacial score (nSPS) is 27.6. The lowest BCUT2D eigenvalue weighted by Crippen LogP contribution is -2.41. The van der Waals surface area contributed by atoms with Gasteiger partial charge in [-0.2, -0.15) is 5.26 Å². The molecule has 0 aromatic rings. The largest absolute Gasteiger partial charge is 0.481 e. The SMILES string of the molecule is CCC1CC(C(=O)O)C(C(=O)N(C)C(C)CC#N)C1. The quantitative estimate of drug-likeness (QED) is 0.823. The monoisotopic (exact) mass is 266 g/mol. The number of nitriles is 1. The Hall–Kier alpha value is -1.57. The van der Waals surface area contributed by atoms with Gasteiger partial charge in [-0.05, 0) is 25.7 Å². The molecule has 106 valence electrons. The van der Waals surface area contributed by atoms with Crippen LogP contribution in [0.2, 0.25) is 0 Å². The van der Waals surface area contributed by atoms with Crippen LogP contribution in [0.1, 0.15) is 39.5 Å². The van der Waals surface area contributed by atoms with Crippen LogP contribution in [-0.4, -0.2) is 35.0 Å². The van der Waals surface area contributed by atoms with Crippen molar-refractivity contribution in [2.75, 3.05) is 7.05 Å². The molecule has 0 heterocycles. The summed E-state index contributed by atoms with van der Waals surface area (Å²) < 4.78 is 0. The van der Waals surface area contributed by atoms with Gasteiger partial charge in [0.2, 0.25) is 5.91 Å². The summed E-state index contributed by atoms with van der Waals surface area (Å²) in [5, 5.41) is 17.9. The average Bonchev–Trinajstić information content (AvgIpc) is 2.81. The van der Waals surface area contributed by atoms with Crippen molar-refractivity contribution in [2.24, 2.45) is 17.8 Å². The first-order valence-corrected chi connectivity index (χ1v) is 6.78. The Kier molecular flexibility index (Phi) is 5.34. The van der Waals surface area contributed by atoms with Gasteiger partial charge in [0.05, 0.1) is 24.3 Å². The van der Waals surface area contributed by atoms with Crippen LogP contribution in [-0.2, 0) is 9.59 Å². The summed E-state index contributed by atoms with van der Waals surface area (Å²) in [5.74, 6) is -1.71. The minimum Gasteiger partial charge on any atom is -0.481 e. The summed E-state index contributed by atoms with van der Waals surface area (Å²) in [6, 6.07) is 1.86. The van der Waals surface area contributed by atoms with Crippen molar-refractivity contribution < 1.29 is 14.7 Å². The lowest BCUT2D eigenvalue weighted by atomic mass is 9.94. The summed E-state index contributed by atoms with van der Waals surface area (Å²) in [7, 11) is 1.66. The van der Waals surface area contributed by atoms with Crippen molar-refractivity contribution in [1.29, 1.82) is 5.26 Å². The third-order valence-corrected chi connectivity index (χ3v) is 4.27. The molecule has 1 amide bonds. The van der Waals surface area contributed by atoms with Crippen LogP contribution in [0.15, 0.2) is 0 Å². The predicted molar refractivity (Wildman–Crippen MR) is 70.1 cm³/mol. The second-order valence-corrected chi connectivity index (χ2v) is 5.46. The molecule has 0 aromatic carbocycles. The van der Waals surface area contributed by atoms with Crippen molar-refractivity contribution in [3.8, 4) is 6.07 Å². The van der Waals surface area contributed by atoms with Crippen LogP contribution in [0.4, 0.5) is 0 Å². The molecule has 0 aromatic heterocycles. The molecule has 1 rings (SSSR count). The zero-order valence-corrected chi connectivity index (χ0v) is 11.8. The lowest BCUT2D eigenvalue weighted by molar-refractivity contribution is -0.149. The van der Waals surface area contributed by atoms with Gasteiger partial charge in [0.15, 0.2) is 0 Å². The highest BCUT2D eigenvalue weighted by molar-refractivity contribution is 5.85. The van der Waals surface area contributed by atoms with Gasteiger partial charge in [0.1, 0.15) is 0 Å². The number of hydrogen-bond acceptors (Lipinski definition) is 3. The number of carboxylic acid groups (broad SMARTS) is 1. The fourth-order valence-corrected chi connectivity index (χ4v) is 2.77. The van der Waals surface area contributed by atoms with Gasteiger partial charge < -0.3 is 10.0 Å². The molecule has 0 radical (unpaired) electrons. The molecule has 4 unspecified atom stereocenters. The zero-order chi connectivity index (χ0) is 14.6. The van der Waals surface area contributed by atoms with Crippen LogP contribution in [0, 0.1) is 29.1 Å². The molecule has 1 aliphatic rings. The average molecular weight is 266 g/mol. The Morgan fingerprint density at radius 1 is 1.42 bits per heavy atom. The molecular weight excluding hydrogens is 244 g/mol. The van der Waals surface area contributed by atoms with Gasteiger partial charge in [0.25, 0.3) is 0 Å². The molecule has 1 fully saturated rings. The number of carbonyl (C=O) groups is 2. The summed E-state index contributed by atoms with van der Waals surface area (Å²) in [4.78, 5) is 25.2. The van der Waals surface area contributed by atoms with Crippen LogP contribution in [0.5, 0.6) is 0 Å². The van der Waals surface area contributed by atoms with E-state index in [1.54, 1.807) is 7.05 Å². The third-order valence-electron chi connectivity index (χ3n) is 4.27. The smallest absolute Gasteiger partial charge is 0.307 e. The van der Waals surface area contributed by atoms with E-state index in [0.29, 0.717) is 18.8 Å². The minimum absolute atomic E-state index is 0.133. The molecule has 0 saturated heterocycles. The molecule has 5 nitrogen and oxygen atoms in total. The second kappa shape index (κ2) is 6.55. The minimum atomic E-state index is -0.879. The number of hydrogen-bond donors (Lipinski definition) is 1. The summed E-state index contributed by atoms with van der Waals surface area (Å²) >= 11 is 0. The molecular formula is C14H22N2O3. The molecule has 1 N–H and O–H groups in total. The summed E-state index contributed by atoms with van der Waals surface area (Å²) in [6.07, 6.45) is 2.41. The van der Waals surface area contributed by atoms with Crippen molar-refractivity contribution in [2.45, 2.75) is 45.6 Å². The molecule has 0 spiro atoms. The molecule has 0 aliphatic heterocycles. The molecule has 1 saturated carbocycles. The van der Waals surface area contributed by atoms with Crippen LogP contribution in [0.25, 0.3) is 0 Å². The Morgan fingerprint density at radius 3 is 2.47 bits per heavy atom. The van der Waals surface area contributed by atoms with Gasteiger partial charge >= 0.3 is 5.97 Å². The Labute approximate surface area is 114 Å². The van der Waals surface area contributed by atoms with E-state index in [4.69, 9.17) is 5.26 Å². The maximum absolute atomic E-state index is 12.4. The van der Waals surface area contributed by atoms with E-state index in [9.17, 15) is 14.7 Å². The highest BCUT2D eigenvalue weighted by Gasteiger charge is 2.43. The van der Waals surface area contributed by atoms with E-state index in [2.05, 4.69) is 0 Å². The maximum atomic E-state index is 12.4. The fraction of sp³-hybridized carbons (Fsp3) is 0.786. The van der Waals surface area contributed by atoms with E-state index in [1.165, 1.54) is 4.90 Å². The van der Waals surface area contributed by atoms with Crippen molar-refractivity contribution in [3.63, 3.8) is 0 Å². The number of carbonyl (C=O) groups excluding carboxylic acids is 1. The Morgan fingerprint density at radius 2 is 2.00 bits per heavy atom. The summed E-state index contributed by atoms with van der Waals surface area (Å²) in [5.41, 5.74) is 0. The van der Waals surface area contributed by atoms with Crippen molar-refractivity contribution in [3.05, 3.63) is 0 Å². The van der Waals surface area contributed by atoms with E-state index in [-0.39, 0.29) is 18.4 Å². The van der Waals surface area contributed by atoms with Crippen LogP contribution < -0.4 is 0 Å². The molecule has 19 heavy (non-hydrogen) atoms. The number of amides is 1. The fourth-order valence-electron chi connectivity index (χ4n) is 2.77. The number of nitrogens with zero attached hydrogens (tertiary/aromatic N) is 2. The van der Waals surface area contributed by atoms with E-state index < -0.39 is 17.8 Å². The van der Waals surface area contributed by atoms with Crippen LogP contribution >= 0.6 is 0 Å². The highest BCUT2D eigenvalue weighted by atomic mass is 16.4. The standard InChI is InChI=1S/C14H22N2O3/c1-4-10-7-11(12(8-10)14(18)19)13(17)16(3)9(2)5-6-15/h9-12H,4-5,7-8H2,1-3H3,(H,18,19). The zero-order valence-electron chi connectivity index (χ0n) is 11.8. The van der Waals surface area contributed by atoms with Crippen LogP contribution in [0.3, 0.4) is 0 Å². The van der Waals surface area contributed by atoms with Gasteiger partial charge in [-0.25, -0.2) is 0 Å². The van der Waals surface area contributed by atoms with Gasteiger partial charge in [-0.1, -0.05) is 13.3 Å². The number of carboxylic acids is 1. The summed E-state index contributed by atoms with van der Waals surface area (Å²) in [6.45, 7) is 3.83. The van der Waals surface area contributed by atoms with Crippen molar-refractivity contribution in [1.82, 2.24) is 4.90 Å². The molecule has 4 atom stereocenters. The van der Waals surface area contributed by atoms with E-state index >= 15 is 0 Å². The van der Waals surface area contributed by atoms with E-state index in [1.807, 2.05) is 19.9 Å². The number of rotatable bonds is 5. The Bertz CT molecular complexity index is 389. The lowest BCUT2D eigenvalue weighted by Gasteiger charge is -2.27. The molecule has 0 bridgehead atoms. The first-order valence-electron chi connectivity index (χ1n) is 6.78. The van der Waals surface area contributed by atoms with Gasteiger partial charge in [0, 0.05) is 13.1 Å². The Balaban J connectivity index is 2.79. The first kappa shape index (κ1) is 15.5. The molecule has 1 aliphatic carbocycles. The first-order chi connectivity index (χ1) is 8.92.